The minimum atomic E-state index is -3.84. The molecule has 5 nitrogen and oxygen atoms in total. The molecule has 1 atom stereocenters. The lowest BCUT2D eigenvalue weighted by Gasteiger charge is -2.15. The van der Waals surface area contributed by atoms with Crippen molar-refractivity contribution in [3.8, 4) is 0 Å². The largest absolute Gasteiger partial charge is 0.354 e. The summed E-state index contributed by atoms with van der Waals surface area (Å²) in [5.41, 5.74) is 0. The van der Waals surface area contributed by atoms with Gasteiger partial charge in [0.15, 0.2) is 0 Å². The fraction of sp³-hybridized carbons (Fsp3) is 0.462. The van der Waals surface area contributed by atoms with Crippen LogP contribution in [0.5, 0.6) is 0 Å². The molecule has 0 spiro atoms. The number of halogens is 1. The Hall–Kier alpha value is -1.47. The number of benzene rings is 1. The predicted molar refractivity (Wildman–Crippen MR) is 74.0 cm³/mol. The summed E-state index contributed by atoms with van der Waals surface area (Å²) in [4.78, 5) is 11.6. The SMILES string of the molecule is CC(C)CNC(=O)[C@@H](C)NS(=O)(=O)c1ccc(F)cc1. The number of sulfonamides is 1. The fourth-order valence-corrected chi connectivity index (χ4v) is 2.63. The highest BCUT2D eigenvalue weighted by atomic mass is 32.2. The molecule has 2 N–H and O–H groups in total. The second kappa shape index (κ2) is 6.81. The van der Waals surface area contributed by atoms with Crippen LogP contribution in [-0.4, -0.2) is 26.9 Å². The van der Waals surface area contributed by atoms with E-state index in [4.69, 9.17) is 0 Å². The maximum Gasteiger partial charge on any atom is 0.241 e. The Balaban J connectivity index is 2.70. The van der Waals surface area contributed by atoms with Crippen molar-refractivity contribution in [1.29, 1.82) is 0 Å². The van der Waals surface area contributed by atoms with E-state index in [1.165, 1.54) is 6.92 Å². The Morgan fingerprint density at radius 1 is 1.20 bits per heavy atom. The molecule has 0 radical (unpaired) electrons. The van der Waals surface area contributed by atoms with Gasteiger partial charge < -0.3 is 5.32 Å². The number of carbonyl (C=O) groups is 1. The lowest BCUT2D eigenvalue weighted by Crippen LogP contribution is -2.45. The van der Waals surface area contributed by atoms with Crippen LogP contribution in [-0.2, 0) is 14.8 Å². The van der Waals surface area contributed by atoms with Crippen LogP contribution in [0.1, 0.15) is 20.8 Å². The van der Waals surface area contributed by atoms with Gasteiger partial charge in [0, 0.05) is 6.54 Å². The average Bonchev–Trinajstić information content (AvgIpc) is 2.35. The van der Waals surface area contributed by atoms with E-state index >= 15 is 0 Å². The number of hydrogen-bond acceptors (Lipinski definition) is 3. The molecule has 112 valence electrons. The molecular weight excluding hydrogens is 283 g/mol. The Morgan fingerprint density at radius 2 is 1.75 bits per heavy atom. The van der Waals surface area contributed by atoms with Gasteiger partial charge in [-0.3, -0.25) is 4.79 Å². The highest BCUT2D eigenvalue weighted by molar-refractivity contribution is 7.89. The third-order valence-corrected chi connectivity index (χ3v) is 4.09. The molecule has 1 amide bonds. The first-order chi connectivity index (χ1) is 9.22. The summed E-state index contributed by atoms with van der Waals surface area (Å²) in [6.07, 6.45) is 0. The summed E-state index contributed by atoms with van der Waals surface area (Å²) in [7, 11) is -3.84. The van der Waals surface area contributed by atoms with Gasteiger partial charge in [-0.05, 0) is 37.1 Å². The van der Waals surface area contributed by atoms with E-state index in [1.54, 1.807) is 0 Å². The zero-order valence-electron chi connectivity index (χ0n) is 11.7. The fourth-order valence-electron chi connectivity index (χ4n) is 1.43. The van der Waals surface area contributed by atoms with E-state index in [-0.39, 0.29) is 10.8 Å². The Bertz CT molecular complexity index is 555. The zero-order valence-corrected chi connectivity index (χ0v) is 12.5. The van der Waals surface area contributed by atoms with E-state index in [0.29, 0.717) is 6.54 Å². The van der Waals surface area contributed by atoms with Crippen molar-refractivity contribution in [3.63, 3.8) is 0 Å². The summed E-state index contributed by atoms with van der Waals surface area (Å²) < 4.78 is 39.0. The van der Waals surface area contributed by atoms with Gasteiger partial charge in [0.1, 0.15) is 5.82 Å². The molecule has 0 saturated heterocycles. The van der Waals surface area contributed by atoms with Gasteiger partial charge in [-0.25, -0.2) is 12.8 Å². The van der Waals surface area contributed by atoms with Crippen LogP contribution in [0, 0.1) is 11.7 Å². The maximum atomic E-state index is 12.8. The molecule has 0 heterocycles. The molecule has 0 saturated carbocycles. The first-order valence-electron chi connectivity index (χ1n) is 6.28. The van der Waals surface area contributed by atoms with Gasteiger partial charge in [0.25, 0.3) is 0 Å². The van der Waals surface area contributed by atoms with Crippen LogP contribution in [0.4, 0.5) is 4.39 Å². The van der Waals surface area contributed by atoms with E-state index in [9.17, 15) is 17.6 Å². The minimum Gasteiger partial charge on any atom is -0.354 e. The molecule has 1 rings (SSSR count). The molecule has 1 aromatic rings. The van der Waals surface area contributed by atoms with Crippen molar-refractivity contribution in [2.45, 2.75) is 31.7 Å². The van der Waals surface area contributed by atoms with E-state index in [0.717, 1.165) is 24.3 Å². The molecule has 0 fully saturated rings. The first-order valence-corrected chi connectivity index (χ1v) is 7.76. The summed E-state index contributed by atoms with van der Waals surface area (Å²) >= 11 is 0. The number of nitrogens with one attached hydrogen (secondary N) is 2. The first kappa shape index (κ1) is 16.6. The van der Waals surface area contributed by atoms with Crippen LogP contribution in [0.3, 0.4) is 0 Å². The Morgan fingerprint density at radius 3 is 2.25 bits per heavy atom. The Labute approximate surface area is 118 Å². The number of amides is 1. The number of rotatable bonds is 6. The third kappa shape index (κ3) is 4.90. The van der Waals surface area contributed by atoms with Crippen LogP contribution >= 0.6 is 0 Å². The molecule has 20 heavy (non-hydrogen) atoms. The van der Waals surface area contributed by atoms with Gasteiger partial charge in [-0.1, -0.05) is 13.8 Å². The minimum absolute atomic E-state index is 0.0811. The van der Waals surface area contributed by atoms with Crippen molar-refractivity contribution in [1.82, 2.24) is 10.0 Å². The molecule has 0 unspecified atom stereocenters. The third-order valence-electron chi connectivity index (χ3n) is 2.53. The zero-order chi connectivity index (χ0) is 15.3. The lowest BCUT2D eigenvalue weighted by atomic mass is 10.2. The highest BCUT2D eigenvalue weighted by Crippen LogP contribution is 2.10. The van der Waals surface area contributed by atoms with Crippen molar-refractivity contribution >= 4 is 15.9 Å². The number of carbonyl (C=O) groups excluding carboxylic acids is 1. The Kier molecular flexibility index (Phi) is 5.64. The van der Waals surface area contributed by atoms with Crippen molar-refractivity contribution in [3.05, 3.63) is 30.1 Å². The lowest BCUT2D eigenvalue weighted by molar-refractivity contribution is -0.122. The summed E-state index contributed by atoms with van der Waals surface area (Å²) in [5.74, 6) is -0.643. The molecular formula is C13H19FN2O3S. The highest BCUT2D eigenvalue weighted by Gasteiger charge is 2.21. The second-order valence-electron chi connectivity index (χ2n) is 4.94. The standard InChI is InChI=1S/C13H19FN2O3S/c1-9(2)8-15-13(17)10(3)16-20(18,19)12-6-4-11(14)5-7-12/h4-7,9-10,16H,8H2,1-3H3,(H,15,17)/t10-/m1/s1. The van der Waals surface area contributed by atoms with Crippen LogP contribution in [0.25, 0.3) is 0 Å². The summed E-state index contributed by atoms with van der Waals surface area (Å²) in [6.45, 7) is 5.81. The van der Waals surface area contributed by atoms with E-state index < -0.39 is 27.8 Å². The van der Waals surface area contributed by atoms with Crippen molar-refractivity contribution < 1.29 is 17.6 Å². The van der Waals surface area contributed by atoms with Crippen LogP contribution < -0.4 is 10.0 Å². The quantitative estimate of drug-likeness (QED) is 0.831. The second-order valence-corrected chi connectivity index (χ2v) is 6.65. The van der Waals surface area contributed by atoms with Gasteiger partial charge in [0.05, 0.1) is 10.9 Å². The monoisotopic (exact) mass is 302 g/mol. The molecule has 0 aliphatic rings. The molecule has 0 aliphatic carbocycles. The predicted octanol–water partition coefficient (Wildman–Crippen LogP) is 1.26. The van der Waals surface area contributed by atoms with Crippen LogP contribution in [0.15, 0.2) is 29.2 Å². The summed E-state index contributed by atoms with van der Waals surface area (Å²) in [6, 6.07) is 3.51. The average molecular weight is 302 g/mol. The van der Waals surface area contributed by atoms with Gasteiger partial charge in [-0.2, -0.15) is 4.72 Å². The normalized spacial score (nSPS) is 13.2. The molecule has 0 aromatic heterocycles. The molecule has 0 aliphatic heterocycles. The molecule has 0 bridgehead atoms. The molecule has 1 aromatic carbocycles. The van der Waals surface area contributed by atoms with E-state index in [2.05, 4.69) is 10.0 Å². The van der Waals surface area contributed by atoms with Crippen molar-refractivity contribution in [2.24, 2.45) is 5.92 Å². The van der Waals surface area contributed by atoms with Crippen molar-refractivity contribution in [2.75, 3.05) is 6.54 Å². The maximum absolute atomic E-state index is 12.8. The van der Waals surface area contributed by atoms with Gasteiger partial charge in [-0.15, -0.1) is 0 Å². The van der Waals surface area contributed by atoms with E-state index in [1.807, 2.05) is 13.8 Å². The number of hydrogen-bond donors (Lipinski definition) is 2. The van der Waals surface area contributed by atoms with Gasteiger partial charge in [0.2, 0.25) is 15.9 Å². The smallest absolute Gasteiger partial charge is 0.241 e. The van der Waals surface area contributed by atoms with Crippen LogP contribution in [0.2, 0.25) is 0 Å². The molecule has 7 heteroatoms. The van der Waals surface area contributed by atoms with Gasteiger partial charge >= 0.3 is 0 Å². The topological polar surface area (TPSA) is 75.3 Å². The summed E-state index contributed by atoms with van der Waals surface area (Å²) in [5, 5.41) is 2.64.